The third kappa shape index (κ3) is 4.14. The number of hydrogen-bond acceptors (Lipinski definition) is 3. The van der Waals surface area contributed by atoms with Gasteiger partial charge in [0, 0.05) is 5.92 Å². The summed E-state index contributed by atoms with van der Waals surface area (Å²) in [7, 11) is 0. The molecule has 0 aromatic carbocycles. The van der Waals surface area contributed by atoms with E-state index in [2.05, 4.69) is 68.4 Å². The second-order valence-corrected chi connectivity index (χ2v) is 17.0. The third-order valence-corrected chi connectivity index (χ3v) is 13.1. The number of carbonyl (C=O) groups excluding carboxylic acids is 1. The highest BCUT2D eigenvalue weighted by Crippen LogP contribution is 2.74. The van der Waals surface area contributed by atoms with E-state index in [4.69, 9.17) is 9.47 Å². The van der Waals surface area contributed by atoms with Crippen LogP contribution in [0.5, 0.6) is 0 Å². The van der Waals surface area contributed by atoms with Crippen molar-refractivity contribution in [1.29, 1.82) is 0 Å². The fraction of sp³-hybridized carbons (Fsp3) is 0.912. The van der Waals surface area contributed by atoms with E-state index >= 15 is 0 Å². The highest BCUT2D eigenvalue weighted by molar-refractivity contribution is 5.94. The van der Waals surface area contributed by atoms with Gasteiger partial charge in [0.25, 0.3) is 0 Å². The summed E-state index contributed by atoms with van der Waals surface area (Å²) in [5, 5.41) is 0. The molecule has 5 aliphatic rings. The summed E-state index contributed by atoms with van der Waals surface area (Å²) in [4.78, 5) is 13.9. The Kier molecular flexibility index (Phi) is 6.34. The highest BCUT2D eigenvalue weighted by atomic mass is 16.7. The molecule has 1 saturated heterocycles. The van der Waals surface area contributed by atoms with Gasteiger partial charge in [-0.3, -0.25) is 4.79 Å². The number of carbonyl (C=O) groups is 1. The monoisotopic (exact) mass is 512 g/mol. The van der Waals surface area contributed by atoms with Gasteiger partial charge in [-0.1, -0.05) is 67.9 Å². The predicted octanol–water partition coefficient (Wildman–Crippen LogP) is 8.75. The second-order valence-electron chi connectivity index (χ2n) is 17.0. The Hall–Kier alpha value is -0.670. The lowest BCUT2D eigenvalue weighted by Crippen LogP contribution is -2.58. The van der Waals surface area contributed by atoms with Gasteiger partial charge in [0.2, 0.25) is 0 Å². The van der Waals surface area contributed by atoms with Crippen molar-refractivity contribution in [3.63, 3.8) is 0 Å². The van der Waals surface area contributed by atoms with Crippen molar-refractivity contribution < 1.29 is 14.3 Å². The smallest absolute Gasteiger partial charge is 0.163 e. The minimum atomic E-state index is -0.538. The van der Waals surface area contributed by atoms with Gasteiger partial charge in [-0.25, -0.2) is 0 Å². The van der Waals surface area contributed by atoms with Gasteiger partial charge < -0.3 is 9.47 Å². The van der Waals surface area contributed by atoms with Crippen LogP contribution >= 0.6 is 0 Å². The molecule has 4 fully saturated rings. The van der Waals surface area contributed by atoms with Crippen LogP contribution in [0.25, 0.3) is 0 Å². The van der Waals surface area contributed by atoms with Gasteiger partial charge in [0.1, 0.15) is 0 Å². The SMILES string of the molecule is C[C@H](CCC(C)(C)C)C(C)(C)[C@H]1CC[C@@]2(C)C3=CC(=O)[C@@H]4C[C@H]5OC(C)(C)O[C@H]5C[C@]4(C)C3CC[C@]12C. The molecule has 1 heterocycles. The molecule has 1 aliphatic heterocycles. The number of fused-ring (bicyclic) bond motifs is 6. The number of rotatable bonds is 4. The minimum absolute atomic E-state index is 0.0238. The quantitative estimate of drug-likeness (QED) is 0.378. The Balaban J connectivity index is 1.44. The first-order valence-corrected chi connectivity index (χ1v) is 15.5. The van der Waals surface area contributed by atoms with Crippen LogP contribution in [0.1, 0.15) is 128 Å². The van der Waals surface area contributed by atoms with Crippen molar-refractivity contribution in [2.45, 2.75) is 146 Å². The molecule has 1 unspecified atom stereocenters. The topological polar surface area (TPSA) is 35.5 Å². The first-order chi connectivity index (χ1) is 16.8. The van der Waals surface area contributed by atoms with E-state index in [9.17, 15) is 4.79 Å². The maximum Gasteiger partial charge on any atom is 0.163 e. The molecular formula is C34H56O3. The summed E-state index contributed by atoms with van der Waals surface area (Å²) in [5.74, 6) is 1.76. The summed E-state index contributed by atoms with van der Waals surface area (Å²) < 4.78 is 12.7. The Morgan fingerprint density at radius 2 is 1.59 bits per heavy atom. The van der Waals surface area contributed by atoms with Crippen molar-refractivity contribution in [1.82, 2.24) is 0 Å². The highest BCUT2D eigenvalue weighted by Gasteiger charge is 2.67. The molecule has 3 nitrogen and oxygen atoms in total. The molecule has 0 bridgehead atoms. The number of hydrogen-bond donors (Lipinski definition) is 0. The second kappa shape index (κ2) is 8.42. The van der Waals surface area contributed by atoms with Crippen molar-refractivity contribution >= 4 is 5.78 Å². The molecule has 4 aliphatic carbocycles. The summed E-state index contributed by atoms with van der Waals surface area (Å²) in [5.41, 5.74) is 2.50. The fourth-order valence-electron chi connectivity index (χ4n) is 10.3. The lowest BCUT2D eigenvalue weighted by molar-refractivity contribution is -0.146. The van der Waals surface area contributed by atoms with E-state index in [1.165, 1.54) is 44.1 Å². The standard InChI is InChI=1S/C34H56O3/c1-21(12-15-29(2,3)4)30(5,6)28-14-17-33(10)23-18-25(35)24-19-26-27(37-31(7,8)36-26)20-32(24,9)22(23)13-16-34(28,33)11/h18,21-22,24,26-28H,12-17,19-20H2,1-11H3/t21-,22?,24+,26-,27+,28-,32-,33+,34-/m1/s1. The van der Waals surface area contributed by atoms with E-state index < -0.39 is 5.79 Å². The molecule has 5 rings (SSSR count). The van der Waals surface area contributed by atoms with E-state index in [1.807, 2.05) is 13.8 Å². The summed E-state index contributed by atoms with van der Waals surface area (Å²) >= 11 is 0. The van der Waals surface area contributed by atoms with E-state index in [0.717, 1.165) is 12.8 Å². The van der Waals surface area contributed by atoms with Gasteiger partial charge in [-0.2, -0.15) is 0 Å². The molecular weight excluding hydrogens is 456 g/mol. The molecule has 0 aromatic heterocycles. The van der Waals surface area contributed by atoms with E-state index in [0.29, 0.717) is 29.0 Å². The average molecular weight is 513 g/mol. The lowest BCUT2D eigenvalue weighted by atomic mass is 9.42. The summed E-state index contributed by atoms with van der Waals surface area (Å²) in [6, 6.07) is 0. The zero-order valence-electron chi connectivity index (χ0n) is 25.9. The Morgan fingerprint density at radius 1 is 0.946 bits per heavy atom. The van der Waals surface area contributed by atoms with Crippen LogP contribution in [0.2, 0.25) is 0 Å². The van der Waals surface area contributed by atoms with Gasteiger partial charge >= 0.3 is 0 Å². The Morgan fingerprint density at radius 3 is 2.24 bits per heavy atom. The van der Waals surface area contributed by atoms with Crippen LogP contribution < -0.4 is 0 Å². The van der Waals surface area contributed by atoms with Gasteiger partial charge in [-0.15, -0.1) is 0 Å². The Labute approximate surface area is 227 Å². The fourth-order valence-corrected chi connectivity index (χ4v) is 10.3. The minimum Gasteiger partial charge on any atom is -0.345 e. The molecule has 37 heavy (non-hydrogen) atoms. The van der Waals surface area contributed by atoms with Crippen molar-refractivity contribution in [3.05, 3.63) is 11.6 Å². The molecule has 0 amide bonds. The Bertz CT molecular complexity index is 968. The number of ether oxygens (including phenoxy) is 2. The zero-order chi connectivity index (χ0) is 27.4. The van der Waals surface area contributed by atoms with Gasteiger partial charge in [0.05, 0.1) is 12.2 Å². The average Bonchev–Trinajstić information content (AvgIpc) is 3.21. The molecule has 0 aromatic rings. The molecule has 210 valence electrons. The summed E-state index contributed by atoms with van der Waals surface area (Å²) in [6.07, 6.45) is 11.7. The predicted molar refractivity (Wildman–Crippen MR) is 151 cm³/mol. The zero-order valence-corrected chi connectivity index (χ0v) is 25.9. The lowest BCUT2D eigenvalue weighted by Gasteiger charge is -2.62. The van der Waals surface area contributed by atoms with Crippen molar-refractivity contribution in [3.8, 4) is 0 Å². The van der Waals surface area contributed by atoms with Crippen LogP contribution in [0, 0.1) is 50.7 Å². The van der Waals surface area contributed by atoms with E-state index in [-0.39, 0.29) is 39.8 Å². The molecule has 0 spiro atoms. The van der Waals surface area contributed by atoms with Crippen LogP contribution in [-0.2, 0) is 14.3 Å². The van der Waals surface area contributed by atoms with E-state index in [1.54, 1.807) is 0 Å². The maximum atomic E-state index is 13.9. The van der Waals surface area contributed by atoms with Crippen LogP contribution in [0.3, 0.4) is 0 Å². The third-order valence-electron chi connectivity index (χ3n) is 13.1. The van der Waals surface area contributed by atoms with Crippen LogP contribution in [-0.4, -0.2) is 23.8 Å². The largest absolute Gasteiger partial charge is 0.345 e. The van der Waals surface area contributed by atoms with Crippen molar-refractivity contribution in [2.75, 3.05) is 0 Å². The number of allylic oxidation sites excluding steroid dienone is 2. The molecule has 0 N–H and O–H groups in total. The first kappa shape index (κ1) is 27.9. The van der Waals surface area contributed by atoms with Gasteiger partial charge in [0.15, 0.2) is 11.6 Å². The molecule has 3 saturated carbocycles. The van der Waals surface area contributed by atoms with Gasteiger partial charge in [-0.05, 0) is 116 Å². The van der Waals surface area contributed by atoms with Crippen LogP contribution in [0.15, 0.2) is 11.6 Å². The van der Waals surface area contributed by atoms with Crippen molar-refractivity contribution in [2.24, 2.45) is 50.7 Å². The molecule has 0 radical (unpaired) electrons. The maximum absolute atomic E-state index is 13.9. The molecule has 9 atom stereocenters. The summed E-state index contributed by atoms with van der Waals surface area (Å²) in [6.45, 7) is 26.4. The molecule has 3 heteroatoms. The first-order valence-electron chi connectivity index (χ1n) is 15.5. The normalized spacial score (nSPS) is 46.0. The van der Waals surface area contributed by atoms with Crippen LogP contribution in [0.4, 0.5) is 0 Å². The number of ketones is 1.